The Morgan fingerprint density at radius 3 is 1.59 bits per heavy atom. The highest BCUT2D eigenvalue weighted by Crippen LogP contribution is 2.62. The third-order valence-electron chi connectivity index (χ3n) is 13.4. The predicted molar refractivity (Wildman–Crippen MR) is 167 cm³/mol. The lowest BCUT2D eigenvalue weighted by Crippen LogP contribution is -2.70. The molecule has 1 N–H and O–H groups in total. The molecule has 2 saturated carbocycles. The van der Waals surface area contributed by atoms with Gasteiger partial charge in [-0.2, -0.15) is 0 Å². The maximum atomic E-state index is 11.3. The van der Waals surface area contributed by atoms with Gasteiger partial charge >= 0.3 is 5.97 Å². The van der Waals surface area contributed by atoms with E-state index in [0.29, 0.717) is 17.5 Å². The second-order valence-corrected chi connectivity index (χ2v) is 16.5. The quantitative estimate of drug-likeness (QED) is 0.198. The maximum absolute atomic E-state index is 11.3. The number of carboxylic acid groups (broad SMARTS) is 1. The molecule has 2 aliphatic carbocycles. The van der Waals surface area contributed by atoms with E-state index >= 15 is 0 Å². The third kappa shape index (κ3) is 5.59. The molecular weight excluding hydrogens is 642 g/mol. The number of rotatable bonds is 9. The number of aliphatic carboxylic acids is 1. The second kappa shape index (κ2) is 12.6. The Bertz CT molecular complexity index is 1220. The van der Waals surface area contributed by atoms with Gasteiger partial charge in [0.1, 0.15) is 5.71 Å². The Morgan fingerprint density at radius 2 is 1.14 bits per heavy atom. The van der Waals surface area contributed by atoms with Gasteiger partial charge in [-0.1, -0.05) is 32.9 Å². The van der Waals surface area contributed by atoms with Gasteiger partial charge in [0.25, 0.3) is 0 Å². The molecule has 2 spiro atoms. The zero-order chi connectivity index (χ0) is 34.3. The standard InChI is InChI=1S/C35H53NO13/c1-18-7-9-25-20(3)28(42-30-34(25)23(18)11-13-32(5,44-30)46-48-34)39-15-22(36-41-17-27(37)38)16-40-29-21(4)26-10-8-19(2)24-12-14-33(6)45-31(43-29)35(24,26)49-47-33/h18-21,23-26,28-31H,7-17H2,1-6H3,(H,37,38)/t18-,19-,20-,21-,23+,24+,25+,26+,28+,29+,30-,31-,32+,33+,34-,35-/m1/s1. The zero-order valence-electron chi connectivity index (χ0n) is 29.5. The van der Waals surface area contributed by atoms with E-state index in [1.54, 1.807) is 0 Å². The van der Waals surface area contributed by atoms with Crippen LogP contribution in [0.4, 0.5) is 0 Å². The molecule has 16 atom stereocenters. The fourth-order valence-electron chi connectivity index (χ4n) is 10.8. The first-order valence-corrected chi connectivity index (χ1v) is 18.4. The van der Waals surface area contributed by atoms with Gasteiger partial charge in [0, 0.05) is 36.5 Å². The van der Waals surface area contributed by atoms with Crippen LogP contribution in [0.15, 0.2) is 5.16 Å². The molecule has 0 aromatic rings. The largest absolute Gasteiger partial charge is 0.479 e. The highest BCUT2D eigenvalue weighted by molar-refractivity contribution is 5.86. The van der Waals surface area contributed by atoms with Gasteiger partial charge in [0.2, 0.25) is 18.2 Å². The first-order chi connectivity index (χ1) is 23.4. The summed E-state index contributed by atoms with van der Waals surface area (Å²) >= 11 is 0. The van der Waals surface area contributed by atoms with Gasteiger partial charge in [0.05, 0.1) is 13.2 Å². The SMILES string of the molecule is C[C@H]1[C@@H](OCC(CO[C@H]2O[C@@H]3O[C@]4(C)CC[C@H]5[C@H](C)CC[C@@H]([C@H]2C)[C@@]35OO4)=NOCC(=O)O)O[C@@H]2O[C@]3(C)CC[C@H]4[C@H](C)CC[C@@H]1[C@@]24OO3. The van der Waals surface area contributed by atoms with E-state index in [1.807, 2.05) is 13.8 Å². The molecule has 10 rings (SSSR count). The van der Waals surface area contributed by atoms with Crippen molar-refractivity contribution in [1.82, 2.24) is 0 Å². The summed E-state index contributed by atoms with van der Waals surface area (Å²) in [5, 5.41) is 13.3. The summed E-state index contributed by atoms with van der Waals surface area (Å²) in [6.45, 7) is 11.9. The van der Waals surface area contributed by atoms with E-state index in [0.717, 1.165) is 51.4 Å². The minimum atomic E-state index is -1.14. The highest BCUT2D eigenvalue weighted by atomic mass is 17.3. The van der Waals surface area contributed by atoms with Crippen molar-refractivity contribution in [2.75, 3.05) is 19.8 Å². The fourth-order valence-corrected chi connectivity index (χ4v) is 10.8. The Labute approximate surface area is 287 Å². The van der Waals surface area contributed by atoms with E-state index in [1.165, 1.54) is 0 Å². The highest BCUT2D eigenvalue weighted by Gasteiger charge is 2.71. The smallest absolute Gasteiger partial charge is 0.344 e. The summed E-state index contributed by atoms with van der Waals surface area (Å²) in [6.07, 6.45) is 4.77. The van der Waals surface area contributed by atoms with Gasteiger partial charge in [0.15, 0.2) is 36.4 Å². The number of hydrogen-bond donors (Lipinski definition) is 1. The molecule has 14 heteroatoms. The predicted octanol–water partition coefficient (Wildman–Crippen LogP) is 4.89. The molecule has 8 heterocycles. The summed E-state index contributed by atoms with van der Waals surface area (Å²) in [5.41, 5.74) is -1.04. The van der Waals surface area contributed by atoms with Gasteiger partial charge in [-0.15, -0.1) is 0 Å². The summed E-state index contributed by atoms with van der Waals surface area (Å²) in [7, 11) is 0. The Morgan fingerprint density at radius 1 is 0.673 bits per heavy atom. The molecule has 49 heavy (non-hydrogen) atoms. The van der Waals surface area contributed by atoms with Crippen molar-refractivity contribution in [2.45, 2.75) is 141 Å². The van der Waals surface area contributed by atoms with Gasteiger partial charge in [-0.05, 0) is 76.0 Å². The molecule has 0 radical (unpaired) electrons. The lowest BCUT2D eigenvalue weighted by molar-refractivity contribution is -0.577. The summed E-state index contributed by atoms with van der Waals surface area (Å²) in [6, 6.07) is 0. The van der Waals surface area contributed by atoms with Crippen LogP contribution >= 0.6 is 0 Å². The number of oxime groups is 1. The maximum Gasteiger partial charge on any atom is 0.344 e. The minimum absolute atomic E-state index is 0.0153. The molecule has 8 aliphatic heterocycles. The fraction of sp³-hybridized carbons (Fsp3) is 0.943. The number of fused-ring (bicyclic) bond motifs is 4. The molecule has 0 aromatic heterocycles. The molecule has 276 valence electrons. The second-order valence-electron chi connectivity index (χ2n) is 16.5. The van der Waals surface area contributed by atoms with Crippen LogP contribution in [-0.4, -0.2) is 84.5 Å². The molecule has 8 saturated heterocycles. The van der Waals surface area contributed by atoms with E-state index < -0.39 is 60.5 Å². The van der Waals surface area contributed by atoms with Crippen molar-refractivity contribution >= 4 is 11.7 Å². The van der Waals surface area contributed by atoms with Gasteiger partial charge < -0.3 is 38.4 Å². The van der Waals surface area contributed by atoms with Crippen LogP contribution in [0.5, 0.6) is 0 Å². The van der Waals surface area contributed by atoms with Crippen LogP contribution in [0.25, 0.3) is 0 Å². The number of ether oxygens (including phenoxy) is 6. The lowest BCUT2D eigenvalue weighted by Gasteiger charge is -2.60. The van der Waals surface area contributed by atoms with Crippen molar-refractivity contribution in [3.63, 3.8) is 0 Å². The van der Waals surface area contributed by atoms with E-state index in [2.05, 4.69) is 32.9 Å². The number of hydrogen-bond acceptors (Lipinski definition) is 13. The van der Waals surface area contributed by atoms with Crippen LogP contribution in [0.3, 0.4) is 0 Å². The zero-order valence-corrected chi connectivity index (χ0v) is 29.5. The molecule has 14 nitrogen and oxygen atoms in total. The number of carboxylic acids is 1. The average Bonchev–Trinajstić information content (AvgIpc) is 3.43. The first kappa shape index (κ1) is 34.6. The van der Waals surface area contributed by atoms with Crippen molar-refractivity contribution in [2.24, 2.45) is 52.5 Å². The first-order valence-electron chi connectivity index (χ1n) is 18.4. The molecule has 0 aromatic carbocycles. The Hall–Kier alpha value is -1.46. The Balaban J connectivity index is 0.975. The van der Waals surface area contributed by atoms with Crippen molar-refractivity contribution < 1.29 is 62.7 Å². The van der Waals surface area contributed by atoms with E-state index in [9.17, 15) is 9.90 Å². The molecule has 0 unspecified atom stereocenters. The molecule has 10 fully saturated rings. The van der Waals surface area contributed by atoms with Gasteiger partial charge in [-0.25, -0.2) is 24.3 Å². The summed E-state index contributed by atoms with van der Waals surface area (Å²) in [5.74, 6) is -1.46. The van der Waals surface area contributed by atoms with Crippen molar-refractivity contribution in [3.05, 3.63) is 0 Å². The number of nitrogens with zero attached hydrogens (tertiary/aromatic N) is 1. The van der Waals surface area contributed by atoms with Crippen molar-refractivity contribution in [1.29, 1.82) is 0 Å². The Kier molecular flexibility index (Phi) is 8.90. The number of carbonyl (C=O) groups is 1. The average molecular weight is 696 g/mol. The van der Waals surface area contributed by atoms with Gasteiger partial charge in [-0.3, -0.25) is 0 Å². The summed E-state index contributed by atoms with van der Waals surface area (Å²) in [4.78, 5) is 40.8. The molecule has 4 bridgehead atoms. The van der Waals surface area contributed by atoms with Crippen LogP contribution in [0, 0.1) is 47.3 Å². The van der Waals surface area contributed by atoms with Crippen LogP contribution in [0.1, 0.15) is 92.9 Å². The van der Waals surface area contributed by atoms with Crippen LogP contribution in [0.2, 0.25) is 0 Å². The third-order valence-corrected chi connectivity index (χ3v) is 13.4. The minimum Gasteiger partial charge on any atom is -0.479 e. The van der Waals surface area contributed by atoms with Crippen molar-refractivity contribution in [3.8, 4) is 0 Å². The van der Waals surface area contributed by atoms with E-state index in [-0.39, 0.29) is 48.7 Å². The lowest BCUT2D eigenvalue weighted by atomic mass is 9.58. The normalized spacial score (nSPS) is 52.7. The van der Waals surface area contributed by atoms with E-state index in [4.69, 9.17) is 52.8 Å². The monoisotopic (exact) mass is 695 g/mol. The summed E-state index contributed by atoms with van der Waals surface area (Å²) < 4.78 is 38.9. The molecular formula is C35H53NO13. The molecule has 10 aliphatic rings. The molecule has 0 amide bonds. The van der Waals surface area contributed by atoms with Crippen LogP contribution in [-0.2, 0) is 57.6 Å². The topological polar surface area (TPSA) is 151 Å². The van der Waals surface area contributed by atoms with Crippen LogP contribution < -0.4 is 0 Å².